The van der Waals surface area contributed by atoms with Crippen LogP contribution in [0, 0.1) is 6.92 Å². The quantitative estimate of drug-likeness (QED) is 0.794. The molecule has 0 atom stereocenters. The van der Waals surface area contributed by atoms with E-state index in [9.17, 15) is 4.79 Å². The Labute approximate surface area is 135 Å². The van der Waals surface area contributed by atoms with E-state index in [4.69, 9.17) is 14.0 Å². The van der Waals surface area contributed by atoms with Gasteiger partial charge in [0, 0.05) is 25.1 Å². The van der Waals surface area contributed by atoms with E-state index in [-0.39, 0.29) is 5.91 Å². The fourth-order valence-electron chi connectivity index (χ4n) is 2.03. The van der Waals surface area contributed by atoms with Gasteiger partial charge in [-0.3, -0.25) is 4.79 Å². The first-order valence-corrected chi connectivity index (χ1v) is 7.22. The van der Waals surface area contributed by atoms with E-state index in [1.54, 1.807) is 32.4 Å². The summed E-state index contributed by atoms with van der Waals surface area (Å²) in [5.41, 5.74) is 1.68. The maximum Gasteiger partial charge on any atom is 0.244 e. The second-order valence-electron chi connectivity index (χ2n) is 4.92. The van der Waals surface area contributed by atoms with Gasteiger partial charge in [-0.05, 0) is 30.7 Å². The number of benzene rings is 1. The van der Waals surface area contributed by atoms with Gasteiger partial charge in [0.25, 0.3) is 0 Å². The van der Waals surface area contributed by atoms with Crippen molar-refractivity contribution in [1.29, 1.82) is 0 Å². The molecule has 0 aliphatic rings. The average molecular weight is 316 g/mol. The number of rotatable bonds is 7. The van der Waals surface area contributed by atoms with E-state index in [1.807, 2.05) is 19.1 Å². The van der Waals surface area contributed by atoms with Crippen molar-refractivity contribution >= 4 is 12.0 Å². The van der Waals surface area contributed by atoms with Gasteiger partial charge in [-0.15, -0.1) is 0 Å². The zero-order valence-electron chi connectivity index (χ0n) is 13.5. The molecule has 0 saturated heterocycles. The van der Waals surface area contributed by atoms with Crippen molar-refractivity contribution in [3.05, 3.63) is 47.4 Å². The van der Waals surface area contributed by atoms with Crippen LogP contribution in [-0.4, -0.2) is 31.8 Å². The molecule has 1 amide bonds. The van der Waals surface area contributed by atoms with Crippen LogP contribution in [0.2, 0.25) is 0 Å². The van der Waals surface area contributed by atoms with Gasteiger partial charge in [-0.25, -0.2) is 0 Å². The van der Waals surface area contributed by atoms with Crippen LogP contribution in [0.1, 0.15) is 17.0 Å². The standard InChI is InChI=1S/C17H20N2O4/c1-12-10-14(23-19-12)8-9-18-17(20)7-5-13-4-6-15(21-2)16(11-13)22-3/h4-7,10-11H,8-9H2,1-3H3,(H,18,20)/b7-5+. The van der Waals surface area contributed by atoms with Crippen molar-refractivity contribution in [2.75, 3.05) is 20.8 Å². The Balaban J connectivity index is 1.85. The molecule has 0 aliphatic heterocycles. The van der Waals surface area contributed by atoms with Crippen molar-refractivity contribution < 1.29 is 18.8 Å². The maximum atomic E-state index is 11.8. The Morgan fingerprint density at radius 2 is 2.04 bits per heavy atom. The molecule has 0 saturated carbocycles. The summed E-state index contributed by atoms with van der Waals surface area (Å²) in [7, 11) is 3.15. The molecule has 122 valence electrons. The summed E-state index contributed by atoms with van der Waals surface area (Å²) in [5.74, 6) is 1.86. The predicted octanol–water partition coefficient (Wildman–Crippen LogP) is 2.37. The molecule has 1 aromatic carbocycles. The topological polar surface area (TPSA) is 73.6 Å². The van der Waals surface area contributed by atoms with E-state index in [2.05, 4.69) is 10.5 Å². The minimum atomic E-state index is -0.170. The molecular weight excluding hydrogens is 296 g/mol. The van der Waals surface area contributed by atoms with Gasteiger partial charge in [-0.2, -0.15) is 0 Å². The van der Waals surface area contributed by atoms with E-state index < -0.39 is 0 Å². The second-order valence-corrected chi connectivity index (χ2v) is 4.92. The number of nitrogens with zero attached hydrogens (tertiary/aromatic N) is 1. The molecule has 0 unspecified atom stereocenters. The van der Waals surface area contributed by atoms with Gasteiger partial charge in [0.2, 0.25) is 5.91 Å². The van der Waals surface area contributed by atoms with Crippen LogP contribution in [0.5, 0.6) is 11.5 Å². The Morgan fingerprint density at radius 3 is 2.70 bits per heavy atom. The van der Waals surface area contributed by atoms with Gasteiger partial charge in [-0.1, -0.05) is 11.2 Å². The number of hydrogen-bond donors (Lipinski definition) is 1. The summed E-state index contributed by atoms with van der Waals surface area (Å²) < 4.78 is 15.5. The third-order valence-electron chi connectivity index (χ3n) is 3.18. The highest BCUT2D eigenvalue weighted by Gasteiger charge is 2.04. The number of aryl methyl sites for hydroxylation is 1. The Bertz CT molecular complexity index is 692. The number of carbonyl (C=O) groups excluding carboxylic acids is 1. The lowest BCUT2D eigenvalue weighted by Crippen LogP contribution is -2.23. The fourth-order valence-corrected chi connectivity index (χ4v) is 2.03. The van der Waals surface area contributed by atoms with Gasteiger partial charge in [0.1, 0.15) is 5.76 Å². The fraction of sp³-hybridized carbons (Fsp3) is 0.294. The first kappa shape index (κ1) is 16.6. The zero-order chi connectivity index (χ0) is 16.7. The summed E-state index contributed by atoms with van der Waals surface area (Å²) in [6, 6.07) is 7.30. The first-order valence-electron chi connectivity index (χ1n) is 7.22. The number of methoxy groups -OCH3 is 2. The zero-order valence-corrected chi connectivity index (χ0v) is 13.5. The molecule has 1 heterocycles. The third-order valence-corrected chi connectivity index (χ3v) is 3.18. The van der Waals surface area contributed by atoms with Crippen molar-refractivity contribution in [2.45, 2.75) is 13.3 Å². The van der Waals surface area contributed by atoms with Crippen molar-refractivity contribution in [1.82, 2.24) is 10.5 Å². The minimum absolute atomic E-state index is 0.170. The maximum absolute atomic E-state index is 11.8. The first-order chi connectivity index (χ1) is 11.1. The van der Waals surface area contributed by atoms with Crippen molar-refractivity contribution in [3.8, 4) is 11.5 Å². The van der Waals surface area contributed by atoms with Gasteiger partial charge >= 0.3 is 0 Å². The Hall–Kier alpha value is -2.76. The molecule has 6 heteroatoms. The number of ether oxygens (including phenoxy) is 2. The number of hydrogen-bond acceptors (Lipinski definition) is 5. The lowest BCUT2D eigenvalue weighted by Gasteiger charge is -2.07. The summed E-state index contributed by atoms with van der Waals surface area (Å²) in [5, 5.41) is 6.59. The summed E-state index contributed by atoms with van der Waals surface area (Å²) in [6.45, 7) is 2.35. The molecular formula is C17H20N2O4. The molecule has 2 rings (SSSR count). The lowest BCUT2D eigenvalue weighted by atomic mass is 10.2. The summed E-state index contributed by atoms with van der Waals surface area (Å²) >= 11 is 0. The third kappa shape index (κ3) is 4.88. The number of nitrogens with one attached hydrogen (secondary N) is 1. The smallest absolute Gasteiger partial charge is 0.244 e. The van der Waals surface area contributed by atoms with Crippen LogP contribution in [-0.2, 0) is 11.2 Å². The van der Waals surface area contributed by atoms with Crippen molar-refractivity contribution in [3.63, 3.8) is 0 Å². The second kappa shape index (κ2) is 8.03. The van der Waals surface area contributed by atoms with Crippen LogP contribution in [0.4, 0.5) is 0 Å². The molecule has 6 nitrogen and oxygen atoms in total. The Morgan fingerprint density at radius 1 is 1.26 bits per heavy atom. The normalized spacial score (nSPS) is 10.7. The number of carbonyl (C=O) groups is 1. The van der Waals surface area contributed by atoms with E-state index in [0.29, 0.717) is 24.5 Å². The van der Waals surface area contributed by atoms with Crippen LogP contribution < -0.4 is 14.8 Å². The van der Waals surface area contributed by atoms with E-state index in [1.165, 1.54) is 6.08 Å². The number of amides is 1. The van der Waals surface area contributed by atoms with Gasteiger partial charge < -0.3 is 19.3 Å². The predicted molar refractivity (Wildman–Crippen MR) is 86.5 cm³/mol. The van der Waals surface area contributed by atoms with Gasteiger partial charge in [0.15, 0.2) is 11.5 Å². The minimum Gasteiger partial charge on any atom is -0.493 e. The monoisotopic (exact) mass is 316 g/mol. The highest BCUT2D eigenvalue weighted by Crippen LogP contribution is 2.27. The highest BCUT2D eigenvalue weighted by atomic mass is 16.5. The van der Waals surface area contributed by atoms with Gasteiger partial charge in [0.05, 0.1) is 19.9 Å². The molecule has 0 radical (unpaired) electrons. The molecule has 0 fully saturated rings. The molecule has 0 bridgehead atoms. The average Bonchev–Trinajstić information content (AvgIpc) is 2.98. The lowest BCUT2D eigenvalue weighted by molar-refractivity contribution is -0.116. The highest BCUT2D eigenvalue weighted by molar-refractivity contribution is 5.91. The van der Waals surface area contributed by atoms with E-state index in [0.717, 1.165) is 17.0 Å². The molecule has 0 aliphatic carbocycles. The van der Waals surface area contributed by atoms with Crippen LogP contribution in [0.15, 0.2) is 34.9 Å². The number of aromatic nitrogens is 1. The van der Waals surface area contributed by atoms with Crippen LogP contribution in [0.3, 0.4) is 0 Å². The molecule has 23 heavy (non-hydrogen) atoms. The summed E-state index contributed by atoms with van der Waals surface area (Å²) in [6.07, 6.45) is 3.81. The molecule has 1 N–H and O–H groups in total. The van der Waals surface area contributed by atoms with Crippen LogP contribution in [0.25, 0.3) is 6.08 Å². The molecule has 0 spiro atoms. The van der Waals surface area contributed by atoms with E-state index >= 15 is 0 Å². The Kier molecular flexibility index (Phi) is 5.80. The van der Waals surface area contributed by atoms with Crippen molar-refractivity contribution in [2.24, 2.45) is 0 Å². The SMILES string of the molecule is COc1ccc(/C=C/C(=O)NCCc2cc(C)no2)cc1OC. The molecule has 2 aromatic rings. The van der Waals surface area contributed by atoms with Crippen LogP contribution >= 0.6 is 0 Å². The summed E-state index contributed by atoms with van der Waals surface area (Å²) in [4.78, 5) is 11.8. The molecule has 1 aromatic heterocycles. The largest absolute Gasteiger partial charge is 0.493 e.